The zero-order valence-corrected chi connectivity index (χ0v) is 22.0. The van der Waals surface area contributed by atoms with E-state index in [0.717, 1.165) is 9.13 Å². The third-order valence-corrected chi connectivity index (χ3v) is 7.97. The molecule has 2 aromatic heterocycles. The Labute approximate surface area is 226 Å². The smallest absolute Gasteiger partial charge is 0.296 e. The fourth-order valence-electron chi connectivity index (χ4n) is 6.18. The molecule has 0 spiro atoms. The summed E-state index contributed by atoms with van der Waals surface area (Å²) in [5, 5.41) is 0. The maximum absolute atomic E-state index is 14.1. The Morgan fingerprint density at radius 3 is 1.70 bits per heavy atom. The Balaban J connectivity index is 1.53. The number of aromatic nitrogens is 6. The lowest BCUT2D eigenvalue weighted by Crippen LogP contribution is -2.52. The van der Waals surface area contributed by atoms with Crippen molar-refractivity contribution in [1.82, 2.24) is 27.9 Å². The summed E-state index contributed by atoms with van der Waals surface area (Å²) in [4.78, 5) is 69.1. The van der Waals surface area contributed by atoms with E-state index in [0.29, 0.717) is 16.9 Å². The molecule has 2 bridgehead atoms. The van der Waals surface area contributed by atoms with Crippen LogP contribution in [0.25, 0.3) is 11.4 Å². The molecule has 0 amide bonds. The highest BCUT2D eigenvalue weighted by molar-refractivity contribution is 5.89. The number of hydrogen-bond acceptors (Lipinski definition) is 5. The summed E-state index contributed by atoms with van der Waals surface area (Å²) in [5.74, 6) is -0.253. The van der Waals surface area contributed by atoms with Gasteiger partial charge in [-0.25, -0.2) is 47.0 Å². The topological polar surface area (TPSA) is 115 Å². The molecule has 5 heterocycles. The van der Waals surface area contributed by atoms with Crippen molar-refractivity contribution in [3.8, 4) is 11.4 Å². The Hall–Kier alpha value is -4.93. The van der Waals surface area contributed by atoms with Crippen molar-refractivity contribution in [2.24, 2.45) is 5.41 Å². The van der Waals surface area contributed by atoms with E-state index in [1.54, 1.807) is 93.6 Å². The molecular formula is C29H26N6O5. The van der Waals surface area contributed by atoms with Gasteiger partial charge in [0.15, 0.2) is 5.78 Å². The van der Waals surface area contributed by atoms with Gasteiger partial charge < -0.3 is 0 Å². The van der Waals surface area contributed by atoms with Gasteiger partial charge in [0.2, 0.25) is 0 Å². The number of hydrogen-bond donors (Lipinski definition) is 0. The summed E-state index contributed by atoms with van der Waals surface area (Å²) >= 11 is 0. The molecule has 11 heteroatoms. The number of para-hydroxylation sites is 2. The third-order valence-electron chi connectivity index (χ3n) is 7.97. The highest BCUT2D eigenvalue weighted by Crippen LogP contribution is 2.48. The van der Waals surface area contributed by atoms with Crippen molar-refractivity contribution < 1.29 is 4.79 Å². The molecular weight excluding hydrogens is 512 g/mol. The number of nitrogens with zero attached hydrogens (tertiary/aromatic N) is 6. The fraction of sp³-hybridized carbons (Fsp3) is 0.276. The Kier molecular flexibility index (Phi) is 4.85. The minimum Gasteiger partial charge on any atom is -0.296 e. The van der Waals surface area contributed by atoms with Gasteiger partial charge in [-0.05, 0) is 35.9 Å². The molecule has 4 aliphatic rings. The second-order valence-electron chi connectivity index (χ2n) is 11.3. The molecule has 0 fully saturated rings. The van der Waals surface area contributed by atoms with Gasteiger partial charge in [-0.2, -0.15) is 0 Å². The standard InChI is InChI=1S/C29H26N6O5/c1-29(2,3)24(36)22-16-19-20-14-15-21(33-26(38)30(25(37)32(20)33)17-10-6-4-7-11-17)23(19)35-28(40)31(27(39)34(22)35)18-12-8-5-9-13-18/h4-16,20-23H,1-3H3/t20-,21+,22?,23?/m0/s1. The van der Waals surface area contributed by atoms with E-state index < -0.39 is 52.3 Å². The van der Waals surface area contributed by atoms with Crippen LogP contribution in [0.2, 0.25) is 0 Å². The van der Waals surface area contributed by atoms with E-state index in [2.05, 4.69) is 0 Å². The summed E-state index contributed by atoms with van der Waals surface area (Å²) in [6, 6.07) is 13.8. The number of Topliss-reactive ketones (excluding diaryl/α,β-unsaturated/α-hetero) is 1. The van der Waals surface area contributed by atoms with E-state index in [1.165, 1.54) is 18.7 Å². The van der Waals surface area contributed by atoms with Gasteiger partial charge in [-0.15, -0.1) is 0 Å². The summed E-state index contributed by atoms with van der Waals surface area (Å²) in [6.45, 7) is 5.28. The van der Waals surface area contributed by atoms with E-state index in [1.807, 2.05) is 6.08 Å². The van der Waals surface area contributed by atoms with Gasteiger partial charge in [0.1, 0.15) is 18.1 Å². The fourth-order valence-corrected chi connectivity index (χ4v) is 6.18. The molecule has 1 aliphatic carbocycles. The summed E-state index contributed by atoms with van der Waals surface area (Å²) in [6.07, 6.45) is 5.31. The summed E-state index contributed by atoms with van der Waals surface area (Å²) in [5.41, 5.74) is -1.75. The Morgan fingerprint density at radius 1 is 0.650 bits per heavy atom. The second-order valence-corrected chi connectivity index (χ2v) is 11.3. The van der Waals surface area contributed by atoms with Crippen molar-refractivity contribution in [3.05, 3.63) is 126 Å². The second kappa shape index (κ2) is 8.04. The molecule has 202 valence electrons. The van der Waals surface area contributed by atoms with Gasteiger partial charge in [-0.3, -0.25) is 4.79 Å². The predicted molar refractivity (Wildman–Crippen MR) is 146 cm³/mol. The molecule has 8 rings (SSSR count). The van der Waals surface area contributed by atoms with Crippen LogP contribution in [-0.2, 0) is 4.79 Å². The maximum Gasteiger partial charge on any atom is 0.352 e. The predicted octanol–water partition coefficient (Wildman–Crippen LogP) is 1.92. The molecule has 2 aromatic carbocycles. The van der Waals surface area contributed by atoms with Crippen LogP contribution in [0.4, 0.5) is 0 Å². The lowest BCUT2D eigenvalue weighted by molar-refractivity contribution is -0.129. The largest absolute Gasteiger partial charge is 0.352 e. The first-order valence-corrected chi connectivity index (χ1v) is 13.1. The minimum atomic E-state index is -1.07. The minimum absolute atomic E-state index is 0.253. The normalized spacial score (nSPS) is 22.4. The molecule has 11 nitrogen and oxygen atoms in total. The van der Waals surface area contributed by atoms with E-state index in [4.69, 9.17) is 0 Å². The highest BCUT2D eigenvalue weighted by Gasteiger charge is 2.50. The first-order chi connectivity index (χ1) is 19.1. The van der Waals surface area contributed by atoms with Gasteiger partial charge in [0, 0.05) is 5.41 Å². The number of rotatable bonds is 3. The van der Waals surface area contributed by atoms with Gasteiger partial charge >= 0.3 is 22.8 Å². The number of fused-ring (bicyclic) bond motifs is 1. The molecule has 0 radical (unpaired) electrons. The zero-order chi connectivity index (χ0) is 28.1. The van der Waals surface area contributed by atoms with Crippen LogP contribution in [0.3, 0.4) is 0 Å². The summed E-state index contributed by atoms with van der Waals surface area (Å²) < 4.78 is 7.42. The van der Waals surface area contributed by atoms with Crippen molar-refractivity contribution >= 4 is 5.78 Å². The maximum atomic E-state index is 14.1. The van der Waals surface area contributed by atoms with E-state index >= 15 is 0 Å². The molecule has 0 saturated carbocycles. The van der Waals surface area contributed by atoms with Gasteiger partial charge in [-0.1, -0.05) is 69.3 Å². The van der Waals surface area contributed by atoms with Crippen LogP contribution in [-0.4, -0.2) is 33.6 Å². The monoisotopic (exact) mass is 538 g/mol. The molecule has 4 atom stereocenters. The van der Waals surface area contributed by atoms with Crippen LogP contribution < -0.4 is 22.8 Å². The number of allylic oxidation sites excluding steroid dienone is 4. The zero-order valence-electron chi connectivity index (χ0n) is 22.0. The number of carbonyl (C=O) groups is 1. The van der Waals surface area contributed by atoms with E-state index in [9.17, 15) is 24.0 Å². The van der Waals surface area contributed by atoms with Crippen molar-refractivity contribution in [2.45, 2.75) is 44.9 Å². The van der Waals surface area contributed by atoms with Gasteiger partial charge in [0.05, 0.1) is 17.4 Å². The van der Waals surface area contributed by atoms with Crippen molar-refractivity contribution in [2.75, 3.05) is 0 Å². The SMILES string of the molecule is CC(C)(C)C(=O)C1C=C2C([C@H]3C=C[C@@H]2n2c(=O)n(-c4ccccc4)c(=O)n23)n2c(=O)n(-c3ccccc3)c(=O)n21. The van der Waals surface area contributed by atoms with Crippen LogP contribution in [0.15, 0.2) is 104 Å². The van der Waals surface area contributed by atoms with Gasteiger partial charge in [0.25, 0.3) is 0 Å². The Bertz CT molecular complexity index is 2010. The average Bonchev–Trinajstić information content (AvgIpc) is 3.38. The molecule has 4 aromatic rings. The number of ketones is 1. The van der Waals surface area contributed by atoms with Crippen LogP contribution >= 0.6 is 0 Å². The van der Waals surface area contributed by atoms with Crippen LogP contribution in [0, 0.1) is 5.41 Å². The van der Waals surface area contributed by atoms with Crippen molar-refractivity contribution in [3.63, 3.8) is 0 Å². The number of benzene rings is 2. The van der Waals surface area contributed by atoms with Crippen LogP contribution in [0.1, 0.15) is 44.9 Å². The number of carbonyl (C=O) groups excluding carboxylic acids is 1. The first kappa shape index (κ1) is 24.1. The lowest BCUT2D eigenvalue weighted by Gasteiger charge is -2.45. The third kappa shape index (κ3) is 3.02. The molecule has 0 N–H and O–H groups in total. The molecule has 40 heavy (non-hydrogen) atoms. The molecule has 0 saturated heterocycles. The first-order valence-electron chi connectivity index (χ1n) is 13.1. The molecule has 2 unspecified atom stereocenters. The highest BCUT2D eigenvalue weighted by atomic mass is 16.2. The average molecular weight is 539 g/mol. The van der Waals surface area contributed by atoms with Crippen molar-refractivity contribution in [1.29, 1.82) is 0 Å². The van der Waals surface area contributed by atoms with Crippen LogP contribution in [0.5, 0.6) is 0 Å². The summed E-state index contributed by atoms with van der Waals surface area (Å²) in [7, 11) is 0. The van der Waals surface area contributed by atoms with E-state index in [-0.39, 0.29) is 5.78 Å². The molecule has 3 aliphatic heterocycles. The quantitative estimate of drug-likeness (QED) is 0.370. The lowest BCUT2D eigenvalue weighted by atomic mass is 9.80. The Morgan fingerprint density at radius 2 is 1.15 bits per heavy atom.